The van der Waals surface area contributed by atoms with E-state index in [2.05, 4.69) is 0 Å². The van der Waals surface area contributed by atoms with Gasteiger partial charge in [-0.25, -0.2) is 6.08 Å². The Labute approximate surface area is 69.1 Å². The molecule has 0 aliphatic heterocycles. The average molecular weight is 172 g/mol. The number of hydrogen-bond acceptors (Lipinski definition) is 1. The Bertz CT molecular complexity index is 59.1. The summed E-state index contributed by atoms with van der Waals surface area (Å²) >= 11 is 0. The van der Waals surface area contributed by atoms with Crippen molar-refractivity contribution in [1.29, 1.82) is 0 Å². The summed E-state index contributed by atoms with van der Waals surface area (Å²) in [6.07, 6.45) is 5.68. The minimum atomic E-state index is 0. The maximum absolute atomic E-state index is 9.35. The van der Waals surface area contributed by atoms with E-state index in [1.807, 2.05) is 6.92 Å². The summed E-state index contributed by atoms with van der Waals surface area (Å²) in [4.78, 5) is 9.35. The summed E-state index contributed by atoms with van der Waals surface area (Å²) in [6.45, 7) is 1.97. The van der Waals surface area contributed by atoms with Gasteiger partial charge in [-0.05, 0) is 6.29 Å². The average Bonchev–Trinajstić information content (AvgIpc) is 1.61. The third-order valence-corrected chi connectivity index (χ3v) is 0.422. The smallest absolute Gasteiger partial charge is 0.419 e. The Hall–Kier alpha value is 0.514. The van der Waals surface area contributed by atoms with Crippen molar-refractivity contribution >= 4 is 6.29 Å². The number of allylic oxidation sites excluding steroid dienone is 2. The van der Waals surface area contributed by atoms with Crippen molar-refractivity contribution in [2.24, 2.45) is 0 Å². The van der Waals surface area contributed by atoms with Gasteiger partial charge in [-0.3, -0.25) is 0 Å². The molecule has 0 aromatic rings. The summed E-state index contributed by atoms with van der Waals surface area (Å²) in [5.41, 5.74) is 0. The molecule has 0 unspecified atom stereocenters. The van der Waals surface area contributed by atoms with Crippen LogP contribution in [0.5, 0.6) is 0 Å². The molecule has 0 aliphatic carbocycles. The van der Waals surface area contributed by atoms with Gasteiger partial charge in [-0.2, -0.15) is 6.08 Å². The van der Waals surface area contributed by atoms with Crippen molar-refractivity contribution < 1.29 is 37.5 Å². The van der Waals surface area contributed by atoms with Crippen LogP contribution in [0.1, 0.15) is 13.3 Å². The van der Waals surface area contributed by atoms with Gasteiger partial charge in [-0.15, -0.1) is 6.42 Å². The van der Waals surface area contributed by atoms with Crippen LogP contribution in [-0.4, -0.2) is 6.29 Å². The predicted octanol–water partition coefficient (Wildman–Crippen LogP) is 1.06. The van der Waals surface area contributed by atoms with E-state index in [9.17, 15) is 4.79 Å². The summed E-state index contributed by atoms with van der Waals surface area (Å²) in [7, 11) is 0. The van der Waals surface area contributed by atoms with Crippen LogP contribution in [0.2, 0.25) is 0 Å². The maximum atomic E-state index is 9.35. The molecule has 0 fully saturated rings. The summed E-state index contributed by atoms with van der Waals surface area (Å²) < 4.78 is 0. The first-order chi connectivity index (χ1) is 2.91. The van der Waals surface area contributed by atoms with Crippen LogP contribution >= 0.6 is 0 Å². The minimum absolute atomic E-state index is 0. The summed E-state index contributed by atoms with van der Waals surface area (Å²) in [5, 5.41) is 0. The van der Waals surface area contributed by atoms with E-state index < -0.39 is 0 Å². The molecule has 1 nitrogen and oxygen atoms in total. The molecule has 0 aliphatic rings. The van der Waals surface area contributed by atoms with E-state index in [0.29, 0.717) is 0 Å². The maximum Gasteiger partial charge on any atom is 3.00 e. The Morgan fingerprint density at radius 1 is 1.71 bits per heavy atom. The Morgan fingerprint density at radius 3 is 2.43 bits per heavy atom. The topological polar surface area (TPSA) is 17.1 Å². The third-order valence-electron chi connectivity index (χ3n) is 0.422. The molecule has 0 aromatic carbocycles. The number of carbonyl (C=O) groups excluding carboxylic acids is 1. The van der Waals surface area contributed by atoms with Crippen LogP contribution in [0.25, 0.3) is 0 Å². The Morgan fingerprint density at radius 2 is 2.29 bits per heavy atom. The molecule has 2 heteroatoms. The molecule has 0 amide bonds. The number of rotatable bonds is 2. The van der Waals surface area contributed by atoms with E-state index in [0.717, 1.165) is 6.42 Å². The van der Waals surface area contributed by atoms with Crippen molar-refractivity contribution in [1.82, 2.24) is 0 Å². The van der Waals surface area contributed by atoms with Crippen LogP contribution in [0.4, 0.5) is 0 Å². The van der Waals surface area contributed by atoms with Gasteiger partial charge in [-0.1, -0.05) is 6.92 Å². The molecule has 0 radical (unpaired) electrons. The van der Waals surface area contributed by atoms with Crippen molar-refractivity contribution in [2.75, 3.05) is 0 Å². The fourth-order valence-corrected chi connectivity index (χ4v) is 0.166. The molecule has 7 heavy (non-hydrogen) atoms. The van der Waals surface area contributed by atoms with Gasteiger partial charge >= 0.3 is 32.7 Å². The molecule has 0 rings (SSSR count). The van der Waals surface area contributed by atoms with Gasteiger partial charge in [0.1, 0.15) is 0 Å². The van der Waals surface area contributed by atoms with Gasteiger partial charge in [0.25, 0.3) is 0 Å². The zero-order chi connectivity index (χ0) is 4.83. The Kier molecular flexibility index (Phi) is 14.6. The van der Waals surface area contributed by atoms with Crippen molar-refractivity contribution in [3.63, 3.8) is 0 Å². The molecular formula is C5H7OY+2. The van der Waals surface area contributed by atoms with Gasteiger partial charge in [0, 0.05) is 0 Å². The normalized spacial score (nSPS) is 8.14. The molecule has 0 aromatic heterocycles. The van der Waals surface area contributed by atoms with Gasteiger partial charge in [0.15, 0.2) is 0 Å². The quantitative estimate of drug-likeness (QED) is 0.449. The second-order valence-electron chi connectivity index (χ2n) is 0.928. The fourth-order valence-electron chi connectivity index (χ4n) is 0.166. The van der Waals surface area contributed by atoms with Gasteiger partial charge < -0.3 is 4.79 Å². The second kappa shape index (κ2) is 9.72. The van der Waals surface area contributed by atoms with E-state index in [1.165, 1.54) is 6.08 Å². The molecule has 0 heterocycles. The SMILES string of the molecule is CC/C=C/[C-]=O.[Y+3]. The second-order valence-corrected chi connectivity index (χ2v) is 0.928. The van der Waals surface area contributed by atoms with Crippen molar-refractivity contribution in [2.45, 2.75) is 13.3 Å². The van der Waals surface area contributed by atoms with Gasteiger partial charge in [0.05, 0.1) is 0 Å². The molecule has 0 atom stereocenters. The van der Waals surface area contributed by atoms with E-state index in [4.69, 9.17) is 0 Å². The first kappa shape index (κ1) is 10.5. The standard InChI is InChI=1S/C5H7O.Y/c1-2-3-4-5-6;/h3-4H,2H2,1H3;/q-1;+3/b4-3+;. The molecular weight excluding hydrogens is 165 g/mol. The first-order valence-corrected chi connectivity index (χ1v) is 1.94. The molecule has 0 saturated carbocycles. The molecule has 0 bridgehead atoms. The predicted molar refractivity (Wildman–Crippen MR) is 25.1 cm³/mol. The fraction of sp³-hybridized carbons (Fsp3) is 0.400. The minimum Gasteiger partial charge on any atom is -0.419 e. The van der Waals surface area contributed by atoms with Crippen LogP contribution in [-0.2, 0) is 37.5 Å². The van der Waals surface area contributed by atoms with Crippen LogP contribution in [0.15, 0.2) is 12.2 Å². The third kappa shape index (κ3) is 10.7. The van der Waals surface area contributed by atoms with Crippen LogP contribution in [0, 0.1) is 0 Å². The molecule has 0 saturated heterocycles. The summed E-state index contributed by atoms with van der Waals surface area (Å²) in [6, 6.07) is 0. The zero-order valence-electron chi connectivity index (χ0n) is 4.35. The van der Waals surface area contributed by atoms with Crippen LogP contribution < -0.4 is 0 Å². The first-order valence-electron chi connectivity index (χ1n) is 1.94. The molecule has 0 N–H and O–H groups in total. The van der Waals surface area contributed by atoms with Gasteiger partial charge in [0.2, 0.25) is 0 Å². The monoisotopic (exact) mass is 172 g/mol. The summed E-state index contributed by atoms with van der Waals surface area (Å²) in [5.74, 6) is 0. The van der Waals surface area contributed by atoms with E-state index in [-0.39, 0.29) is 32.7 Å². The van der Waals surface area contributed by atoms with Crippen molar-refractivity contribution in [3.8, 4) is 0 Å². The number of hydrogen-bond donors (Lipinski definition) is 0. The van der Waals surface area contributed by atoms with E-state index >= 15 is 0 Å². The molecule has 0 spiro atoms. The van der Waals surface area contributed by atoms with E-state index in [1.54, 1.807) is 12.4 Å². The van der Waals surface area contributed by atoms with Crippen molar-refractivity contribution in [3.05, 3.63) is 12.2 Å². The molecule has 34 valence electrons. The zero-order valence-corrected chi connectivity index (χ0v) is 7.19. The van der Waals surface area contributed by atoms with Crippen LogP contribution in [0.3, 0.4) is 0 Å². The largest absolute Gasteiger partial charge is 3.00 e. The Balaban J connectivity index is 0.